The van der Waals surface area contributed by atoms with E-state index >= 15 is 0 Å². The third-order valence-electron chi connectivity index (χ3n) is 5.18. The van der Waals surface area contributed by atoms with Crippen molar-refractivity contribution in [2.75, 3.05) is 11.5 Å². The topological polar surface area (TPSA) is 89.3 Å². The maximum Gasteiger partial charge on any atom is 0.261 e. The lowest BCUT2D eigenvalue weighted by atomic mass is 10.2. The van der Waals surface area contributed by atoms with Gasteiger partial charge >= 0.3 is 0 Å². The summed E-state index contributed by atoms with van der Waals surface area (Å²) in [5.74, 6) is 0.442. The van der Waals surface area contributed by atoms with E-state index in [1.807, 2.05) is 6.07 Å². The number of rotatable bonds is 4. The number of carbonyl (C=O) groups is 1. The first-order valence-corrected chi connectivity index (χ1v) is 10.7. The third kappa shape index (κ3) is 3.13. The number of benzene rings is 1. The minimum atomic E-state index is -3.07. The molecule has 7 nitrogen and oxygen atoms in total. The van der Waals surface area contributed by atoms with Gasteiger partial charge in [0, 0.05) is 12.1 Å². The van der Waals surface area contributed by atoms with Gasteiger partial charge in [-0.1, -0.05) is 12.1 Å². The Balaban J connectivity index is 1.65. The van der Waals surface area contributed by atoms with Crippen LogP contribution in [0.5, 0.6) is 0 Å². The summed E-state index contributed by atoms with van der Waals surface area (Å²) in [5.41, 5.74) is 0.371. The highest BCUT2D eigenvalue weighted by atomic mass is 32.2. The third-order valence-corrected chi connectivity index (χ3v) is 6.93. The first kappa shape index (κ1) is 17.2. The molecule has 138 valence electrons. The van der Waals surface area contributed by atoms with Crippen LogP contribution in [0.15, 0.2) is 29.1 Å². The molecule has 2 heterocycles. The van der Waals surface area contributed by atoms with Gasteiger partial charge in [-0.3, -0.25) is 14.2 Å². The van der Waals surface area contributed by atoms with Crippen LogP contribution in [0.3, 0.4) is 0 Å². The fourth-order valence-corrected chi connectivity index (χ4v) is 5.45. The van der Waals surface area contributed by atoms with Gasteiger partial charge in [0.1, 0.15) is 12.4 Å². The molecular weight excluding hydrogens is 354 g/mol. The molecule has 1 saturated carbocycles. The second-order valence-electron chi connectivity index (χ2n) is 7.16. The van der Waals surface area contributed by atoms with E-state index in [9.17, 15) is 18.0 Å². The molecule has 1 amide bonds. The Morgan fingerprint density at radius 1 is 1.23 bits per heavy atom. The molecule has 1 atom stereocenters. The van der Waals surface area contributed by atoms with E-state index in [0.29, 0.717) is 23.1 Å². The average Bonchev–Trinajstić information content (AvgIpc) is 3.35. The second-order valence-corrected chi connectivity index (χ2v) is 9.39. The van der Waals surface area contributed by atoms with Crippen LogP contribution in [0.4, 0.5) is 0 Å². The van der Waals surface area contributed by atoms with Crippen LogP contribution in [-0.4, -0.2) is 52.4 Å². The SMILES string of the molecule is Cc1nc2ccccc2c(=O)n1CC(=O)N(C1CC1)C1CCS(=O)(=O)C1. The number of aromatic nitrogens is 2. The zero-order valence-corrected chi connectivity index (χ0v) is 15.4. The van der Waals surface area contributed by atoms with Crippen molar-refractivity contribution in [2.24, 2.45) is 0 Å². The van der Waals surface area contributed by atoms with Crippen molar-refractivity contribution in [2.45, 2.75) is 44.8 Å². The summed E-state index contributed by atoms with van der Waals surface area (Å²) in [6.45, 7) is 1.61. The minimum Gasteiger partial charge on any atom is -0.334 e. The molecule has 1 unspecified atom stereocenters. The molecule has 1 aliphatic carbocycles. The molecular formula is C18H21N3O4S. The summed E-state index contributed by atoms with van der Waals surface area (Å²) in [7, 11) is -3.07. The maximum absolute atomic E-state index is 13.0. The number of nitrogens with zero attached hydrogens (tertiary/aromatic N) is 3. The van der Waals surface area contributed by atoms with Crippen molar-refractivity contribution in [1.29, 1.82) is 0 Å². The van der Waals surface area contributed by atoms with E-state index in [4.69, 9.17) is 0 Å². The predicted molar refractivity (Wildman–Crippen MR) is 97.7 cm³/mol. The highest BCUT2D eigenvalue weighted by molar-refractivity contribution is 7.91. The van der Waals surface area contributed by atoms with Gasteiger partial charge in [-0.25, -0.2) is 13.4 Å². The van der Waals surface area contributed by atoms with Crippen LogP contribution in [0.1, 0.15) is 25.1 Å². The smallest absolute Gasteiger partial charge is 0.261 e. The van der Waals surface area contributed by atoms with Crippen molar-refractivity contribution in [3.63, 3.8) is 0 Å². The van der Waals surface area contributed by atoms with Crippen LogP contribution in [0.25, 0.3) is 10.9 Å². The lowest BCUT2D eigenvalue weighted by molar-refractivity contribution is -0.134. The van der Waals surface area contributed by atoms with Crippen molar-refractivity contribution in [1.82, 2.24) is 14.5 Å². The summed E-state index contributed by atoms with van der Waals surface area (Å²) in [4.78, 5) is 31.9. The highest BCUT2D eigenvalue weighted by Gasteiger charge is 2.42. The lowest BCUT2D eigenvalue weighted by Crippen LogP contribution is -2.45. The van der Waals surface area contributed by atoms with Gasteiger partial charge < -0.3 is 4.90 Å². The lowest BCUT2D eigenvalue weighted by Gasteiger charge is -2.28. The summed E-state index contributed by atoms with van der Waals surface area (Å²) in [6.07, 6.45) is 2.27. The van der Waals surface area contributed by atoms with Gasteiger partial charge in [0.15, 0.2) is 9.84 Å². The number of hydrogen-bond acceptors (Lipinski definition) is 5. The molecule has 1 aromatic carbocycles. The standard InChI is InChI=1S/C18H21N3O4S/c1-12-19-16-5-3-2-4-15(16)18(23)20(12)10-17(22)21(13-6-7-13)14-8-9-26(24,25)11-14/h2-5,13-14H,6-11H2,1H3. The van der Waals surface area contributed by atoms with Crippen molar-refractivity contribution in [3.05, 3.63) is 40.4 Å². The summed E-state index contributed by atoms with van der Waals surface area (Å²) < 4.78 is 25.0. The number of amides is 1. The Morgan fingerprint density at radius 3 is 2.62 bits per heavy atom. The second kappa shape index (κ2) is 6.19. The quantitative estimate of drug-likeness (QED) is 0.791. The van der Waals surface area contributed by atoms with E-state index in [1.165, 1.54) is 4.57 Å². The van der Waals surface area contributed by atoms with Gasteiger partial charge in [-0.05, 0) is 38.3 Å². The number of sulfone groups is 1. The van der Waals surface area contributed by atoms with E-state index < -0.39 is 9.84 Å². The molecule has 8 heteroatoms. The number of hydrogen-bond donors (Lipinski definition) is 0. The fraction of sp³-hybridized carbons (Fsp3) is 0.500. The Labute approximate surface area is 151 Å². The van der Waals surface area contributed by atoms with Crippen LogP contribution < -0.4 is 5.56 Å². The first-order valence-electron chi connectivity index (χ1n) is 8.83. The van der Waals surface area contributed by atoms with Gasteiger partial charge in [0.05, 0.1) is 22.4 Å². The van der Waals surface area contributed by atoms with Gasteiger partial charge in [0.2, 0.25) is 5.91 Å². The van der Waals surface area contributed by atoms with Crippen LogP contribution >= 0.6 is 0 Å². The normalized spacial score (nSPS) is 21.8. The van der Waals surface area contributed by atoms with Crippen molar-refractivity contribution < 1.29 is 13.2 Å². The monoisotopic (exact) mass is 375 g/mol. The number of fused-ring (bicyclic) bond motifs is 1. The van der Waals surface area contributed by atoms with E-state index in [0.717, 1.165) is 12.8 Å². The fourth-order valence-electron chi connectivity index (χ4n) is 3.74. The molecule has 0 spiro atoms. The predicted octanol–water partition coefficient (Wildman–Crippen LogP) is 0.883. The van der Waals surface area contributed by atoms with E-state index in [2.05, 4.69) is 4.98 Å². The first-order chi connectivity index (χ1) is 12.4. The average molecular weight is 375 g/mol. The van der Waals surface area contributed by atoms with E-state index in [1.54, 1.807) is 30.0 Å². The van der Waals surface area contributed by atoms with Crippen molar-refractivity contribution in [3.8, 4) is 0 Å². The maximum atomic E-state index is 13.0. The molecule has 0 radical (unpaired) electrons. The Kier molecular flexibility index (Phi) is 4.10. The summed E-state index contributed by atoms with van der Waals surface area (Å²) in [5, 5.41) is 0.479. The molecule has 0 N–H and O–H groups in total. The molecule has 2 aromatic rings. The molecule has 4 rings (SSSR count). The molecule has 26 heavy (non-hydrogen) atoms. The molecule has 1 aliphatic heterocycles. The zero-order valence-electron chi connectivity index (χ0n) is 14.6. The Morgan fingerprint density at radius 2 is 1.96 bits per heavy atom. The van der Waals surface area contributed by atoms with Crippen LogP contribution in [0.2, 0.25) is 0 Å². The zero-order chi connectivity index (χ0) is 18.5. The van der Waals surface area contributed by atoms with Gasteiger partial charge in [-0.2, -0.15) is 0 Å². The molecule has 1 saturated heterocycles. The van der Waals surface area contributed by atoms with Crippen LogP contribution in [-0.2, 0) is 21.2 Å². The molecule has 1 aromatic heterocycles. The number of carbonyl (C=O) groups excluding carboxylic acids is 1. The number of aryl methyl sites for hydroxylation is 1. The van der Waals surface area contributed by atoms with Crippen LogP contribution in [0, 0.1) is 6.92 Å². The molecule has 2 fully saturated rings. The van der Waals surface area contributed by atoms with E-state index in [-0.39, 0.29) is 41.6 Å². The molecule has 0 bridgehead atoms. The van der Waals surface area contributed by atoms with Gasteiger partial charge in [0.25, 0.3) is 5.56 Å². The molecule has 2 aliphatic rings. The Hall–Kier alpha value is -2.22. The Bertz CT molecular complexity index is 1040. The van der Waals surface area contributed by atoms with Crippen molar-refractivity contribution >= 4 is 26.6 Å². The minimum absolute atomic E-state index is 0.0269. The number of para-hydroxylation sites is 1. The summed E-state index contributed by atoms with van der Waals surface area (Å²) >= 11 is 0. The largest absolute Gasteiger partial charge is 0.334 e. The van der Waals surface area contributed by atoms with Gasteiger partial charge in [-0.15, -0.1) is 0 Å². The highest BCUT2D eigenvalue weighted by Crippen LogP contribution is 2.32. The summed E-state index contributed by atoms with van der Waals surface area (Å²) in [6, 6.07) is 6.89.